The van der Waals surface area contributed by atoms with Crippen LogP contribution in [0.5, 0.6) is 0 Å². The van der Waals surface area contributed by atoms with Crippen LogP contribution < -0.4 is 5.32 Å². The first-order valence-corrected chi connectivity index (χ1v) is 9.91. The number of rotatable bonds is 4. The van der Waals surface area contributed by atoms with Crippen LogP contribution in [0.3, 0.4) is 0 Å². The second kappa shape index (κ2) is 8.34. The highest BCUT2D eigenvalue weighted by Crippen LogP contribution is 2.32. The van der Waals surface area contributed by atoms with Gasteiger partial charge in [0.2, 0.25) is 0 Å². The van der Waals surface area contributed by atoms with E-state index >= 15 is 0 Å². The Labute approximate surface area is 168 Å². The number of aromatic nitrogens is 3. The lowest BCUT2D eigenvalue weighted by atomic mass is 10.1. The number of hydrogen-bond acceptors (Lipinski definition) is 5. The van der Waals surface area contributed by atoms with E-state index in [9.17, 15) is 18.0 Å². The third-order valence-electron chi connectivity index (χ3n) is 4.61. The SMILES string of the molecule is O=C(Nc1cn[nH]c1[C@H]1CCC[C@@H](F)CO1)c1csc(-c2c(F)cccc2F)n1. The fourth-order valence-corrected chi connectivity index (χ4v) is 4.01. The minimum absolute atomic E-state index is 0.0132. The number of hydrogen-bond donors (Lipinski definition) is 2. The lowest BCUT2D eigenvalue weighted by Gasteiger charge is -2.15. The van der Waals surface area contributed by atoms with Crippen molar-refractivity contribution in [1.82, 2.24) is 15.2 Å². The molecule has 4 rings (SSSR count). The fourth-order valence-electron chi connectivity index (χ4n) is 3.16. The predicted molar refractivity (Wildman–Crippen MR) is 101 cm³/mol. The smallest absolute Gasteiger partial charge is 0.275 e. The highest BCUT2D eigenvalue weighted by atomic mass is 32.1. The topological polar surface area (TPSA) is 79.9 Å². The number of carbonyl (C=O) groups excluding carboxylic acids is 1. The number of nitrogens with zero attached hydrogens (tertiary/aromatic N) is 2. The van der Waals surface area contributed by atoms with Gasteiger partial charge >= 0.3 is 0 Å². The van der Waals surface area contributed by atoms with E-state index in [1.165, 1.54) is 17.6 Å². The molecule has 1 aromatic carbocycles. The second-order valence-electron chi connectivity index (χ2n) is 6.64. The summed E-state index contributed by atoms with van der Waals surface area (Å²) in [6.45, 7) is -0.0132. The van der Waals surface area contributed by atoms with Gasteiger partial charge < -0.3 is 10.1 Å². The van der Waals surface area contributed by atoms with E-state index in [1.807, 2.05) is 0 Å². The number of amides is 1. The number of anilines is 1. The Bertz CT molecular complexity index is 1000. The van der Waals surface area contributed by atoms with Crippen molar-refractivity contribution in [2.24, 2.45) is 0 Å². The van der Waals surface area contributed by atoms with Gasteiger partial charge in [-0.25, -0.2) is 18.2 Å². The lowest BCUT2D eigenvalue weighted by molar-refractivity contribution is 0.0285. The number of alkyl halides is 1. The Hall–Kier alpha value is -2.72. The molecule has 152 valence electrons. The molecule has 2 atom stereocenters. The highest BCUT2D eigenvalue weighted by Gasteiger charge is 2.25. The Morgan fingerprint density at radius 3 is 2.86 bits per heavy atom. The zero-order valence-corrected chi connectivity index (χ0v) is 15.9. The Morgan fingerprint density at radius 2 is 2.07 bits per heavy atom. The van der Waals surface area contributed by atoms with E-state index in [0.717, 1.165) is 23.5 Å². The summed E-state index contributed by atoms with van der Waals surface area (Å²) in [6.07, 6.45) is 1.69. The highest BCUT2D eigenvalue weighted by molar-refractivity contribution is 7.13. The molecule has 0 saturated carbocycles. The number of H-pyrrole nitrogens is 1. The summed E-state index contributed by atoms with van der Waals surface area (Å²) in [6, 6.07) is 3.52. The van der Waals surface area contributed by atoms with Gasteiger partial charge in [-0.05, 0) is 31.4 Å². The first-order chi connectivity index (χ1) is 14.0. The quantitative estimate of drug-likeness (QED) is 0.642. The van der Waals surface area contributed by atoms with Gasteiger partial charge in [-0.15, -0.1) is 11.3 Å². The average Bonchev–Trinajstić information content (AvgIpc) is 3.29. The van der Waals surface area contributed by atoms with E-state index in [-0.39, 0.29) is 22.9 Å². The number of aromatic amines is 1. The van der Waals surface area contributed by atoms with Crippen molar-refractivity contribution >= 4 is 22.9 Å². The molecule has 1 fully saturated rings. The van der Waals surface area contributed by atoms with Crippen LogP contribution in [0, 0.1) is 11.6 Å². The monoisotopic (exact) mass is 422 g/mol. The average molecular weight is 422 g/mol. The van der Waals surface area contributed by atoms with Crippen LogP contribution in [-0.2, 0) is 4.74 Å². The molecule has 2 N–H and O–H groups in total. The van der Waals surface area contributed by atoms with Gasteiger partial charge in [-0.2, -0.15) is 5.10 Å². The van der Waals surface area contributed by atoms with E-state index < -0.39 is 29.8 Å². The summed E-state index contributed by atoms with van der Waals surface area (Å²) >= 11 is 0.965. The van der Waals surface area contributed by atoms with Crippen molar-refractivity contribution in [3.8, 4) is 10.6 Å². The maximum atomic E-state index is 13.9. The van der Waals surface area contributed by atoms with Crippen LogP contribution in [0.1, 0.15) is 41.5 Å². The Kier molecular flexibility index (Phi) is 5.63. The largest absolute Gasteiger partial charge is 0.369 e. The molecule has 1 aliphatic heterocycles. The predicted octanol–water partition coefficient (Wildman–Crippen LogP) is 4.64. The molecule has 0 unspecified atom stereocenters. The van der Waals surface area contributed by atoms with Crippen molar-refractivity contribution in [3.63, 3.8) is 0 Å². The molecule has 1 amide bonds. The first-order valence-electron chi connectivity index (χ1n) is 9.03. The summed E-state index contributed by atoms with van der Waals surface area (Å²) in [5.41, 5.74) is 0.686. The van der Waals surface area contributed by atoms with Crippen LogP contribution in [0.15, 0.2) is 29.8 Å². The van der Waals surface area contributed by atoms with E-state index in [4.69, 9.17) is 4.74 Å². The normalized spacial score (nSPS) is 19.7. The summed E-state index contributed by atoms with van der Waals surface area (Å²) in [4.78, 5) is 16.6. The zero-order chi connectivity index (χ0) is 20.4. The molecule has 2 aromatic heterocycles. The maximum Gasteiger partial charge on any atom is 0.275 e. The van der Waals surface area contributed by atoms with Crippen molar-refractivity contribution < 1.29 is 22.7 Å². The van der Waals surface area contributed by atoms with E-state index in [0.29, 0.717) is 30.6 Å². The number of ether oxygens (including phenoxy) is 1. The van der Waals surface area contributed by atoms with E-state index in [2.05, 4.69) is 20.5 Å². The van der Waals surface area contributed by atoms with Gasteiger partial charge in [-0.1, -0.05) is 6.07 Å². The molecule has 0 aliphatic carbocycles. The molecular formula is C19H17F3N4O2S. The van der Waals surface area contributed by atoms with Crippen LogP contribution >= 0.6 is 11.3 Å². The van der Waals surface area contributed by atoms with Gasteiger partial charge in [0.15, 0.2) is 0 Å². The molecular weight excluding hydrogens is 405 g/mol. The molecule has 10 heteroatoms. The molecule has 3 heterocycles. The third kappa shape index (κ3) is 4.18. The molecule has 3 aromatic rings. The number of benzene rings is 1. The fraction of sp³-hybridized carbons (Fsp3) is 0.316. The minimum atomic E-state index is -1.01. The van der Waals surface area contributed by atoms with Crippen LogP contribution in [0.2, 0.25) is 0 Å². The molecule has 29 heavy (non-hydrogen) atoms. The van der Waals surface area contributed by atoms with Gasteiger partial charge in [0.1, 0.15) is 34.6 Å². The van der Waals surface area contributed by atoms with Gasteiger partial charge in [0.25, 0.3) is 5.91 Å². The summed E-state index contributed by atoms with van der Waals surface area (Å²) in [5, 5.41) is 10.9. The number of nitrogens with one attached hydrogen (secondary N) is 2. The molecule has 1 saturated heterocycles. The van der Waals surface area contributed by atoms with Crippen LogP contribution in [0.25, 0.3) is 10.6 Å². The van der Waals surface area contributed by atoms with Crippen molar-refractivity contribution in [2.75, 3.05) is 11.9 Å². The first kappa shape index (κ1) is 19.6. The standard InChI is InChI=1S/C19H17F3N4O2S/c20-10-3-1-6-15(28-8-10)17-13(7-23-26-17)24-18(27)14-9-29-19(25-14)16-11(21)4-2-5-12(16)22/h2,4-5,7,9-10,15H,1,3,6,8H2,(H,23,26)(H,24,27)/t10-,15-/m1/s1. The van der Waals surface area contributed by atoms with Crippen molar-refractivity contribution in [2.45, 2.75) is 31.5 Å². The molecule has 0 spiro atoms. The minimum Gasteiger partial charge on any atom is -0.369 e. The molecule has 0 radical (unpaired) electrons. The van der Waals surface area contributed by atoms with Gasteiger partial charge in [0.05, 0.1) is 29.7 Å². The Morgan fingerprint density at radius 1 is 1.28 bits per heavy atom. The summed E-state index contributed by atoms with van der Waals surface area (Å²) < 4.78 is 47.0. The van der Waals surface area contributed by atoms with Gasteiger partial charge in [-0.3, -0.25) is 9.89 Å². The summed E-state index contributed by atoms with van der Waals surface area (Å²) in [5.74, 6) is -2.05. The third-order valence-corrected chi connectivity index (χ3v) is 5.47. The second-order valence-corrected chi connectivity index (χ2v) is 7.49. The maximum absolute atomic E-state index is 13.9. The van der Waals surface area contributed by atoms with E-state index in [1.54, 1.807) is 0 Å². The molecule has 0 bridgehead atoms. The zero-order valence-electron chi connectivity index (χ0n) is 15.1. The summed E-state index contributed by atoms with van der Waals surface area (Å²) in [7, 11) is 0. The van der Waals surface area contributed by atoms with Crippen LogP contribution in [0.4, 0.5) is 18.9 Å². The van der Waals surface area contributed by atoms with Crippen LogP contribution in [-0.4, -0.2) is 33.9 Å². The lowest BCUT2D eigenvalue weighted by Crippen LogP contribution is -2.15. The molecule has 1 aliphatic rings. The number of halogens is 3. The molecule has 6 nitrogen and oxygen atoms in total. The number of thiazole rings is 1. The van der Waals surface area contributed by atoms with Gasteiger partial charge in [0, 0.05) is 5.38 Å². The number of carbonyl (C=O) groups is 1. The van der Waals surface area contributed by atoms with Crippen molar-refractivity contribution in [1.29, 1.82) is 0 Å². The Balaban J connectivity index is 1.51. The van der Waals surface area contributed by atoms with Crippen molar-refractivity contribution in [3.05, 3.63) is 52.8 Å².